The Bertz CT molecular complexity index is 554. The van der Waals surface area contributed by atoms with Gasteiger partial charge in [-0.1, -0.05) is 41.4 Å². The molecule has 0 aliphatic rings. The lowest BCUT2D eigenvalue weighted by atomic mass is 10.0. The minimum atomic E-state index is -0.197. The highest BCUT2D eigenvalue weighted by Crippen LogP contribution is 2.33. The largest absolute Gasteiger partial charge is 0.263 e. The van der Waals surface area contributed by atoms with Gasteiger partial charge in [-0.15, -0.1) is 11.6 Å². The molecule has 0 radical (unpaired) electrons. The van der Waals surface area contributed by atoms with E-state index in [2.05, 4.69) is 4.98 Å². The van der Waals surface area contributed by atoms with Crippen LogP contribution in [-0.4, -0.2) is 4.98 Å². The predicted octanol–water partition coefficient (Wildman–Crippen LogP) is 5.22. The van der Waals surface area contributed by atoms with Crippen molar-refractivity contribution >= 4 is 34.8 Å². The third-order valence-electron chi connectivity index (χ3n) is 2.81. The number of pyridine rings is 1. The number of hydrogen-bond acceptors (Lipinski definition) is 1. The third kappa shape index (κ3) is 2.97. The molecule has 4 heteroatoms. The highest BCUT2D eigenvalue weighted by molar-refractivity contribution is 6.33. The smallest absolute Gasteiger partial charge is 0.0640 e. The molecule has 0 amide bonds. The van der Waals surface area contributed by atoms with Crippen LogP contribution in [0.4, 0.5) is 0 Å². The van der Waals surface area contributed by atoms with Gasteiger partial charge in [0.2, 0.25) is 0 Å². The van der Waals surface area contributed by atoms with Crippen LogP contribution >= 0.6 is 34.8 Å². The second kappa shape index (κ2) is 5.92. The summed E-state index contributed by atoms with van der Waals surface area (Å²) in [7, 11) is 0. The molecule has 1 nitrogen and oxygen atoms in total. The van der Waals surface area contributed by atoms with Gasteiger partial charge < -0.3 is 0 Å². The average Bonchev–Trinajstić information content (AvgIpc) is 2.35. The fraction of sp³-hybridized carbons (Fsp3) is 0.214. The first-order chi connectivity index (χ1) is 8.59. The fourth-order valence-electron chi connectivity index (χ4n) is 1.78. The highest BCUT2D eigenvalue weighted by Gasteiger charge is 2.15. The van der Waals surface area contributed by atoms with Gasteiger partial charge in [-0.2, -0.15) is 0 Å². The molecular weight excluding hydrogens is 289 g/mol. The second-order valence-electron chi connectivity index (χ2n) is 4.12. The van der Waals surface area contributed by atoms with Crippen LogP contribution in [0, 0.1) is 6.92 Å². The number of alkyl halides is 1. The number of halogens is 3. The van der Waals surface area contributed by atoms with Crippen LogP contribution in [-0.2, 0) is 6.42 Å². The molecule has 0 bridgehead atoms. The van der Waals surface area contributed by atoms with Crippen LogP contribution in [0.25, 0.3) is 0 Å². The number of hydrogen-bond donors (Lipinski definition) is 0. The van der Waals surface area contributed by atoms with E-state index in [1.807, 2.05) is 31.2 Å². The van der Waals surface area contributed by atoms with E-state index in [0.29, 0.717) is 11.4 Å². The second-order valence-corrected chi connectivity index (χ2v) is 5.43. The van der Waals surface area contributed by atoms with Crippen LogP contribution in [0.3, 0.4) is 0 Å². The number of benzene rings is 1. The van der Waals surface area contributed by atoms with E-state index in [1.165, 1.54) is 0 Å². The molecule has 0 N–H and O–H groups in total. The lowest BCUT2D eigenvalue weighted by molar-refractivity contribution is 0.915. The van der Waals surface area contributed by atoms with Crippen LogP contribution in [0.5, 0.6) is 0 Å². The molecule has 1 aromatic carbocycles. The molecular formula is C14H12Cl3N. The van der Waals surface area contributed by atoms with Crippen molar-refractivity contribution in [3.8, 4) is 0 Å². The van der Waals surface area contributed by atoms with Gasteiger partial charge >= 0.3 is 0 Å². The van der Waals surface area contributed by atoms with Crippen molar-refractivity contribution in [2.75, 3.05) is 0 Å². The molecule has 0 fully saturated rings. The molecule has 1 heterocycles. The summed E-state index contributed by atoms with van der Waals surface area (Å²) in [4.78, 5) is 3.96. The van der Waals surface area contributed by atoms with Crippen LogP contribution < -0.4 is 0 Å². The topological polar surface area (TPSA) is 12.9 Å². The van der Waals surface area contributed by atoms with Crippen molar-refractivity contribution in [1.82, 2.24) is 4.98 Å². The van der Waals surface area contributed by atoms with E-state index in [-0.39, 0.29) is 5.38 Å². The van der Waals surface area contributed by atoms with Crippen LogP contribution in [0.15, 0.2) is 36.7 Å². The Labute approximate surface area is 122 Å². The molecule has 1 atom stereocenters. The quantitative estimate of drug-likeness (QED) is 0.708. The summed E-state index contributed by atoms with van der Waals surface area (Å²) in [5.74, 6) is 0. The molecule has 0 aliphatic heterocycles. The standard InChI is InChI=1S/C14H12Cl3N/c1-9-3-2-4-11(14(9)17)12(15)7-10-5-6-18-8-13(10)16/h2-6,8,12H,7H2,1H3. The van der Waals surface area contributed by atoms with Crippen LogP contribution in [0.2, 0.25) is 10.0 Å². The normalized spacial score (nSPS) is 12.4. The summed E-state index contributed by atoms with van der Waals surface area (Å²) < 4.78 is 0. The Morgan fingerprint density at radius 1 is 1.22 bits per heavy atom. The molecule has 94 valence electrons. The van der Waals surface area contributed by atoms with Gasteiger partial charge in [0.05, 0.1) is 10.4 Å². The van der Waals surface area contributed by atoms with E-state index in [0.717, 1.165) is 21.7 Å². The van der Waals surface area contributed by atoms with Gasteiger partial charge in [0.15, 0.2) is 0 Å². The Balaban J connectivity index is 2.25. The van der Waals surface area contributed by atoms with E-state index >= 15 is 0 Å². The van der Waals surface area contributed by atoms with E-state index in [9.17, 15) is 0 Å². The summed E-state index contributed by atoms with van der Waals surface area (Å²) >= 11 is 18.8. The zero-order valence-corrected chi connectivity index (χ0v) is 12.1. The molecule has 2 aromatic rings. The molecule has 0 saturated heterocycles. The SMILES string of the molecule is Cc1cccc(C(Cl)Cc2ccncc2Cl)c1Cl. The zero-order chi connectivity index (χ0) is 13.1. The van der Waals surface area contributed by atoms with Crippen molar-refractivity contribution in [3.63, 3.8) is 0 Å². The van der Waals surface area contributed by atoms with Crippen molar-refractivity contribution in [3.05, 3.63) is 63.4 Å². The molecule has 1 aromatic heterocycles. The molecule has 0 spiro atoms. The summed E-state index contributed by atoms with van der Waals surface area (Å²) in [5.41, 5.74) is 2.94. The van der Waals surface area contributed by atoms with E-state index in [1.54, 1.807) is 12.4 Å². The summed E-state index contributed by atoms with van der Waals surface area (Å²) in [5, 5.41) is 1.16. The monoisotopic (exact) mass is 299 g/mol. The number of nitrogens with zero attached hydrogens (tertiary/aromatic N) is 1. The summed E-state index contributed by atoms with van der Waals surface area (Å²) in [6.45, 7) is 1.97. The Morgan fingerprint density at radius 2 is 2.00 bits per heavy atom. The van der Waals surface area contributed by atoms with Crippen molar-refractivity contribution in [1.29, 1.82) is 0 Å². The Kier molecular flexibility index (Phi) is 4.50. The first kappa shape index (κ1) is 13.7. The number of aryl methyl sites for hydroxylation is 1. The van der Waals surface area contributed by atoms with Gasteiger partial charge in [0, 0.05) is 17.4 Å². The van der Waals surface area contributed by atoms with Gasteiger partial charge in [0.1, 0.15) is 0 Å². The number of aromatic nitrogens is 1. The van der Waals surface area contributed by atoms with Crippen molar-refractivity contribution in [2.45, 2.75) is 18.7 Å². The maximum atomic E-state index is 6.43. The molecule has 18 heavy (non-hydrogen) atoms. The molecule has 1 unspecified atom stereocenters. The average molecular weight is 301 g/mol. The highest BCUT2D eigenvalue weighted by atomic mass is 35.5. The van der Waals surface area contributed by atoms with Gasteiger partial charge in [-0.3, -0.25) is 4.98 Å². The molecule has 0 saturated carbocycles. The third-order valence-corrected chi connectivity index (χ3v) is 4.06. The van der Waals surface area contributed by atoms with Crippen molar-refractivity contribution < 1.29 is 0 Å². The van der Waals surface area contributed by atoms with Gasteiger partial charge in [-0.05, 0) is 36.1 Å². The Morgan fingerprint density at radius 3 is 2.72 bits per heavy atom. The zero-order valence-electron chi connectivity index (χ0n) is 9.83. The minimum Gasteiger partial charge on any atom is -0.263 e. The van der Waals surface area contributed by atoms with Gasteiger partial charge in [-0.25, -0.2) is 0 Å². The lowest BCUT2D eigenvalue weighted by Gasteiger charge is -2.13. The fourth-order valence-corrected chi connectivity index (χ4v) is 2.64. The maximum Gasteiger partial charge on any atom is 0.0640 e. The minimum absolute atomic E-state index is 0.197. The first-order valence-corrected chi connectivity index (χ1v) is 6.76. The van der Waals surface area contributed by atoms with Gasteiger partial charge in [0.25, 0.3) is 0 Å². The first-order valence-electron chi connectivity index (χ1n) is 5.57. The molecule has 0 aliphatic carbocycles. The lowest BCUT2D eigenvalue weighted by Crippen LogP contribution is -1.98. The predicted molar refractivity (Wildman–Crippen MR) is 77.7 cm³/mol. The van der Waals surface area contributed by atoms with Crippen LogP contribution in [0.1, 0.15) is 22.1 Å². The van der Waals surface area contributed by atoms with E-state index < -0.39 is 0 Å². The Hall–Kier alpha value is -0.760. The number of rotatable bonds is 3. The van der Waals surface area contributed by atoms with E-state index in [4.69, 9.17) is 34.8 Å². The molecule has 2 rings (SSSR count). The summed E-state index contributed by atoms with van der Waals surface area (Å²) in [6, 6.07) is 7.75. The van der Waals surface area contributed by atoms with Crippen molar-refractivity contribution in [2.24, 2.45) is 0 Å². The maximum absolute atomic E-state index is 6.43. The summed E-state index contributed by atoms with van der Waals surface area (Å²) in [6.07, 6.45) is 3.97.